The van der Waals surface area contributed by atoms with Crippen molar-refractivity contribution in [1.82, 2.24) is 0 Å². The lowest BCUT2D eigenvalue weighted by Gasteiger charge is -2.32. The number of carbonyl (C=O) groups excluding carboxylic acids is 1. The summed E-state index contributed by atoms with van der Waals surface area (Å²) in [5.41, 5.74) is 2.66. The molecule has 1 saturated heterocycles. The minimum absolute atomic E-state index is 0.0421. The minimum Gasteiger partial charge on any atom is -0.482 e. The monoisotopic (exact) mass is 444 g/mol. The van der Waals surface area contributed by atoms with E-state index in [1.165, 1.54) is 36.8 Å². The van der Waals surface area contributed by atoms with E-state index in [4.69, 9.17) is 14.2 Å². The second-order valence-electron chi connectivity index (χ2n) is 10.1. The molecule has 1 aliphatic heterocycles. The Bertz CT molecular complexity index is 742. The second-order valence-corrected chi connectivity index (χ2v) is 10.1. The molecule has 1 heterocycles. The lowest BCUT2D eigenvalue weighted by molar-refractivity contribution is -0.151. The fraction of sp³-hybridized carbons (Fsp3) is 0.741. The van der Waals surface area contributed by atoms with Crippen LogP contribution in [0.1, 0.15) is 75.8 Å². The van der Waals surface area contributed by atoms with Gasteiger partial charge in [-0.2, -0.15) is 0 Å². The molecule has 0 bridgehead atoms. The Kier molecular flexibility index (Phi) is 8.48. The summed E-state index contributed by atoms with van der Waals surface area (Å²) in [5.74, 6) is 2.66. The molecule has 1 aromatic carbocycles. The Hall–Kier alpha value is -1.59. The standard InChI is InChI=1S/C27H40O5/c1-2-3-4-7-22(28)12-11-19-9-10-21-16-25-20(15-24(19)21)6-5-8-26(25)31-18-27(29)32-23-13-14-30-17-23/h5-6,8,19,21-24,28H,2-4,7,9-18H2,1H3. The van der Waals surface area contributed by atoms with Crippen LogP contribution in [0.2, 0.25) is 0 Å². The van der Waals surface area contributed by atoms with Crippen molar-refractivity contribution in [2.24, 2.45) is 17.8 Å². The predicted molar refractivity (Wildman–Crippen MR) is 124 cm³/mol. The summed E-state index contributed by atoms with van der Waals surface area (Å²) in [4.78, 5) is 12.2. The first-order chi connectivity index (χ1) is 15.6. The summed E-state index contributed by atoms with van der Waals surface area (Å²) in [7, 11) is 0. The summed E-state index contributed by atoms with van der Waals surface area (Å²) in [6.07, 6.45) is 11.8. The lowest BCUT2D eigenvalue weighted by Crippen LogP contribution is -2.27. The molecule has 5 atom stereocenters. The van der Waals surface area contributed by atoms with Gasteiger partial charge in [0, 0.05) is 6.42 Å². The molecule has 5 nitrogen and oxygen atoms in total. The van der Waals surface area contributed by atoms with Crippen LogP contribution in [0.15, 0.2) is 18.2 Å². The topological polar surface area (TPSA) is 65.0 Å². The maximum absolute atomic E-state index is 12.2. The molecule has 32 heavy (non-hydrogen) atoms. The van der Waals surface area contributed by atoms with Crippen LogP contribution in [0.25, 0.3) is 0 Å². The molecule has 1 N–H and O–H groups in total. The number of carbonyl (C=O) groups is 1. The fourth-order valence-corrected chi connectivity index (χ4v) is 6.01. The van der Waals surface area contributed by atoms with Gasteiger partial charge >= 0.3 is 5.97 Å². The van der Waals surface area contributed by atoms with Gasteiger partial charge in [0.25, 0.3) is 0 Å². The molecule has 2 aliphatic carbocycles. The van der Waals surface area contributed by atoms with Gasteiger partial charge in [0.15, 0.2) is 6.61 Å². The van der Waals surface area contributed by atoms with Crippen molar-refractivity contribution >= 4 is 5.97 Å². The van der Waals surface area contributed by atoms with Crippen molar-refractivity contribution in [2.75, 3.05) is 19.8 Å². The SMILES string of the molecule is CCCCCC(O)CCC1CCC2Cc3c(cccc3OCC(=O)OC3CCOC3)CC12. The Morgan fingerprint density at radius 3 is 2.91 bits per heavy atom. The molecule has 0 amide bonds. The predicted octanol–water partition coefficient (Wildman–Crippen LogP) is 4.86. The Morgan fingerprint density at radius 1 is 1.19 bits per heavy atom. The molecular formula is C27H40O5. The second kappa shape index (κ2) is 11.5. The van der Waals surface area contributed by atoms with E-state index in [2.05, 4.69) is 13.0 Å². The third-order valence-corrected chi connectivity index (χ3v) is 7.81. The molecular weight excluding hydrogens is 404 g/mol. The number of aliphatic hydroxyl groups excluding tert-OH is 1. The molecule has 5 heteroatoms. The molecule has 0 spiro atoms. The van der Waals surface area contributed by atoms with E-state index in [0.29, 0.717) is 25.0 Å². The minimum atomic E-state index is -0.315. The molecule has 1 aromatic rings. The van der Waals surface area contributed by atoms with Gasteiger partial charge in [0.2, 0.25) is 0 Å². The first-order valence-electron chi connectivity index (χ1n) is 12.8. The van der Waals surface area contributed by atoms with E-state index in [-0.39, 0.29) is 24.8 Å². The van der Waals surface area contributed by atoms with Gasteiger partial charge in [-0.05, 0) is 79.9 Å². The molecule has 3 aliphatic rings. The summed E-state index contributed by atoms with van der Waals surface area (Å²) in [6.45, 7) is 3.32. The highest BCUT2D eigenvalue weighted by Gasteiger charge is 2.39. The van der Waals surface area contributed by atoms with Crippen molar-refractivity contribution < 1.29 is 24.1 Å². The zero-order valence-electron chi connectivity index (χ0n) is 19.6. The number of rotatable bonds is 11. The first-order valence-corrected chi connectivity index (χ1v) is 12.8. The van der Waals surface area contributed by atoms with E-state index >= 15 is 0 Å². The van der Waals surface area contributed by atoms with Gasteiger partial charge in [0.05, 0.1) is 19.3 Å². The molecule has 0 aromatic heterocycles. The molecule has 0 radical (unpaired) electrons. The molecule has 178 valence electrons. The fourth-order valence-electron chi connectivity index (χ4n) is 6.01. The van der Waals surface area contributed by atoms with Gasteiger partial charge in [-0.15, -0.1) is 0 Å². The van der Waals surface area contributed by atoms with Crippen LogP contribution in [0, 0.1) is 17.8 Å². The zero-order chi connectivity index (χ0) is 22.3. The van der Waals surface area contributed by atoms with Gasteiger partial charge in [-0.3, -0.25) is 0 Å². The van der Waals surface area contributed by atoms with E-state index in [9.17, 15) is 9.90 Å². The highest BCUT2D eigenvalue weighted by Crippen LogP contribution is 2.48. The van der Waals surface area contributed by atoms with Gasteiger partial charge < -0.3 is 19.3 Å². The normalized spacial score (nSPS) is 27.6. The van der Waals surface area contributed by atoms with Crippen LogP contribution in [0.4, 0.5) is 0 Å². The number of unbranched alkanes of at least 4 members (excludes halogenated alkanes) is 2. The smallest absolute Gasteiger partial charge is 0.344 e. The van der Waals surface area contributed by atoms with E-state index in [1.54, 1.807) is 0 Å². The third kappa shape index (κ3) is 6.05. The van der Waals surface area contributed by atoms with Crippen molar-refractivity contribution in [2.45, 2.75) is 89.8 Å². The maximum Gasteiger partial charge on any atom is 0.344 e. The van der Waals surface area contributed by atoms with Crippen LogP contribution in [-0.2, 0) is 27.1 Å². The van der Waals surface area contributed by atoms with Crippen molar-refractivity contribution in [3.05, 3.63) is 29.3 Å². The highest BCUT2D eigenvalue weighted by molar-refractivity contribution is 5.71. The number of esters is 1. The maximum atomic E-state index is 12.2. The number of ether oxygens (including phenoxy) is 3. The van der Waals surface area contributed by atoms with Gasteiger partial charge in [-0.25, -0.2) is 4.79 Å². The van der Waals surface area contributed by atoms with Crippen LogP contribution >= 0.6 is 0 Å². The van der Waals surface area contributed by atoms with E-state index in [1.807, 2.05) is 12.1 Å². The number of hydrogen-bond acceptors (Lipinski definition) is 5. The number of benzene rings is 1. The third-order valence-electron chi connectivity index (χ3n) is 7.81. The number of hydrogen-bond donors (Lipinski definition) is 1. The average molecular weight is 445 g/mol. The van der Waals surface area contributed by atoms with Crippen LogP contribution in [0.3, 0.4) is 0 Å². The van der Waals surface area contributed by atoms with Crippen molar-refractivity contribution in [1.29, 1.82) is 0 Å². The molecule has 5 unspecified atom stereocenters. The van der Waals surface area contributed by atoms with Crippen LogP contribution in [-0.4, -0.2) is 43.1 Å². The van der Waals surface area contributed by atoms with E-state index in [0.717, 1.165) is 56.6 Å². The highest BCUT2D eigenvalue weighted by atomic mass is 16.6. The lowest BCUT2D eigenvalue weighted by atomic mass is 9.73. The largest absolute Gasteiger partial charge is 0.482 e. The number of fused-ring (bicyclic) bond motifs is 2. The average Bonchev–Trinajstić information content (AvgIpc) is 3.44. The van der Waals surface area contributed by atoms with Gasteiger partial charge in [0.1, 0.15) is 11.9 Å². The summed E-state index contributed by atoms with van der Waals surface area (Å²) >= 11 is 0. The van der Waals surface area contributed by atoms with Crippen molar-refractivity contribution in [3.63, 3.8) is 0 Å². The summed E-state index contributed by atoms with van der Waals surface area (Å²) < 4.78 is 16.6. The Labute approximate surface area is 192 Å². The quantitative estimate of drug-likeness (QED) is 0.390. The summed E-state index contributed by atoms with van der Waals surface area (Å²) in [6, 6.07) is 6.26. The molecule has 4 rings (SSSR count). The Morgan fingerprint density at radius 2 is 2.09 bits per heavy atom. The van der Waals surface area contributed by atoms with Crippen LogP contribution < -0.4 is 4.74 Å². The molecule has 2 fully saturated rings. The zero-order valence-corrected chi connectivity index (χ0v) is 19.6. The Balaban J connectivity index is 1.29. The first kappa shape index (κ1) is 23.6. The number of aliphatic hydroxyl groups is 1. The molecule has 1 saturated carbocycles. The van der Waals surface area contributed by atoms with E-state index < -0.39 is 0 Å². The van der Waals surface area contributed by atoms with Crippen molar-refractivity contribution in [3.8, 4) is 5.75 Å². The summed E-state index contributed by atoms with van der Waals surface area (Å²) in [5, 5.41) is 10.4. The van der Waals surface area contributed by atoms with Gasteiger partial charge in [-0.1, -0.05) is 38.3 Å². The van der Waals surface area contributed by atoms with Crippen LogP contribution in [0.5, 0.6) is 5.75 Å².